The largest absolute Gasteiger partial charge is 0.352 e. The first-order chi connectivity index (χ1) is 10.1. The number of nitrogens with one attached hydrogen (secondary N) is 2. The Hall–Kier alpha value is -1.54. The molecule has 1 saturated carbocycles. The fourth-order valence-corrected chi connectivity index (χ4v) is 2.26. The molecule has 7 nitrogen and oxygen atoms in total. The first-order valence-electron chi connectivity index (χ1n) is 6.95. The van der Waals surface area contributed by atoms with Gasteiger partial charge in [0.15, 0.2) is 0 Å². The second kappa shape index (κ2) is 7.46. The van der Waals surface area contributed by atoms with E-state index in [-0.39, 0.29) is 18.4 Å². The molecular formula is C13H21N5O2S. The van der Waals surface area contributed by atoms with Crippen molar-refractivity contribution in [2.75, 3.05) is 17.3 Å². The smallest absolute Gasteiger partial charge is 0.241 e. The Kier molecular flexibility index (Phi) is 5.63. The van der Waals surface area contributed by atoms with Crippen molar-refractivity contribution in [2.24, 2.45) is 5.73 Å². The number of aromatic nitrogens is 2. The van der Waals surface area contributed by atoms with Gasteiger partial charge in [-0.1, -0.05) is 0 Å². The molecule has 0 unspecified atom stereocenters. The Morgan fingerprint density at radius 2 is 2.33 bits per heavy atom. The van der Waals surface area contributed by atoms with Gasteiger partial charge in [-0.25, -0.2) is 0 Å². The second-order valence-electron chi connectivity index (χ2n) is 5.15. The molecule has 1 aromatic rings. The minimum absolute atomic E-state index is 0.0600. The molecule has 21 heavy (non-hydrogen) atoms. The molecule has 0 radical (unpaired) electrons. The van der Waals surface area contributed by atoms with Crippen LogP contribution in [0.25, 0.3) is 0 Å². The number of rotatable bonds is 8. The second-order valence-corrected chi connectivity index (χ2v) is 6.13. The van der Waals surface area contributed by atoms with Crippen LogP contribution in [0.4, 0.5) is 5.69 Å². The van der Waals surface area contributed by atoms with E-state index in [4.69, 9.17) is 5.73 Å². The third kappa shape index (κ3) is 5.39. The van der Waals surface area contributed by atoms with Crippen LogP contribution in [0, 0.1) is 0 Å². The van der Waals surface area contributed by atoms with Gasteiger partial charge in [-0.3, -0.25) is 14.3 Å². The summed E-state index contributed by atoms with van der Waals surface area (Å²) in [5.41, 5.74) is 6.34. The van der Waals surface area contributed by atoms with E-state index >= 15 is 0 Å². The molecule has 2 amide bonds. The summed E-state index contributed by atoms with van der Waals surface area (Å²) in [5, 5.41) is 9.65. The van der Waals surface area contributed by atoms with Crippen LogP contribution in [0.15, 0.2) is 12.4 Å². The van der Waals surface area contributed by atoms with Gasteiger partial charge >= 0.3 is 0 Å². The average molecular weight is 311 g/mol. The van der Waals surface area contributed by atoms with Gasteiger partial charge in [-0.2, -0.15) is 16.9 Å². The van der Waals surface area contributed by atoms with Gasteiger partial charge < -0.3 is 16.4 Å². The quantitative estimate of drug-likeness (QED) is 0.636. The van der Waals surface area contributed by atoms with Crippen LogP contribution >= 0.6 is 11.8 Å². The zero-order chi connectivity index (χ0) is 15.2. The lowest BCUT2D eigenvalue weighted by Gasteiger charge is -2.09. The van der Waals surface area contributed by atoms with Crippen LogP contribution < -0.4 is 16.4 Å². The molecule has 0 spiro atoms. The van der Waals surface area contributed by atoms with Gasteiger partial charge in [0.2, 0.25) is 11.8 Å². The maximum absolute atomic E-state index is 11.8. The van der Waals surface area contributed by atoms with Crippen molar-refractivity contribution in [3.05, 3.63) is 12.4 Å². The molecule has 1 aliphatic rings. The molecule has 116 valence electrons. The third-order valence-electron chi connectivity index (χ3n) is 3.12. The molecule has 1 atom stereocenters. The first kappa shape index (κ1) is 15.8. The van der Waals surface area contributed by atoms with E-state index in [1.807, 2.05) is 6.26 Å². The highest BCUT2D eigenvalue weighted by atomic mass is 32.2. The molecule has 2 rings (SSSR count). The topological polar surface area (TPSA) is 102 Å². The highest BCUT2D eigenvalue weighted by molar-refractivity contribution is 7.98. The summed E-state index contributed by atoms with van der Waals surface area (Å²) < 4.78 is 1.50. The van der Waals surface area contributed by atoms with Crippen LogP contribution in [0.3, 0.4) is 0 Å². The first-order valence-corrected chi connectivity index (χ1v) is 8.35. The number of anilines is 1. The number of amides is 2. The molecule has 1 fully saturated rings. The summed E-state index contributed by atoms with van der Waals surface area (Å²) in [5.74, 6) is 0.552. The Balaban J connectivity index is 1.78. The lowest BCUT2D eigenvalue weighted by Crippen LogP contribution is -2.36. The zero-order valence-electron chi connectivity index (χ0n) is 12.0. The van der Waals surface area contributed by atoms with Crippen molar-refractivity contribution in [1.29, 1.82) is 0 Å². The van der Waals surface area contributed by atoms with E-state index in [1.54, 1.807) is 18.0 Å². The molecule has 0 aliphatic heterocycles. The number of thioether (sulfide) groups is 1. The molecule has 0 aromatic carbocycles. The van der Waals surface area contributed by atoms with Gasteiger partial charge in [0.1, 0.15) is 6.54 Å². The predicted octanol–water partition coefficient (Wildman–Crippen LogP) is 0.181. The normalized spacial score (nSPS) is 15.5. The van der Waals surface area contributed by atoms with Crippen LogP contribution in [0.5, 0.6) is 0 Å². The molecule has 1 aromatic heterocycles. The Bertz CT molecular complexity index is 501. The Morgan fingerprint density at radius 1 is 1.57 bits per heavy atom. The molecule has 0 bridgehead atoms. The fourth-order valence-electron chi connectivity index (χ4n) is 1.77. The Morgan fingerprint density at radius 3 is 3.00 bits per heavy atom. The summed E-state index contributed by atoms with van der Waals surface area (Å²) in [6.07, 6.45) is 7.86. The molecular weight excluding hydrogens is 290 g/mol. The summed E-state index contributed by atoms with van der Waals surface area (Å²) in [7, 11) is 0. The van der Waals surface area contributed by atoms with Crippen molar-refractivity contribution in [3.8, 4) is 0 Å². The van der Waals surface area contributed by atoms with Crippen molar-refractivity contribution in [1.82, 2.24) is 15.1 Å². The van der Waals surface area contributed by atoms with E-state index < -0.39 is 6.04 Å². The highest BCUT2D eigenvalue weighted by Gasteiger charge is 2.23. The van der Waals surface area contributed by atoms with E-state index in [0.717, 1.165) is 18.6 Å². The minimum atomic E-state index is -0.529. The van der Waals surface area contributed by atoms with Crippen LogP contribution in [0.1, 0.15) is 19.3 Å². The highest BCUT2D eigenvalue weighted by Crippen LogP contribution is 2.18. The molecule has 4 N–H and O–H groups in total. The van der Waals surface area contributed by atoms with Crippen LogP contribution in [0.2, 0.25) is 0 Å². The van der Waals surface area contributed by atoms with Gasteiger partial charge in [0.25, 0.3) is 0 Å². The monoisotopic (exact) mass is 311 g/mol. The van der Waals surface area contributed by atoms with Gasteiger partial charge in [-0.15, -0.1) is 0 Å². The molecule has 1 heterocycles. The summed E-state index contributed by atoms with van der Waals surface area (Å²) in [6, 6.07) is -0.194. The number of nitrogens with two attached hydrogens (primary N) is 1. The third-order valence-corrected chi connectivity index (χ3v) is 3.76. The van der Waals surface area contributed by atoms with Gasteiger partial charge in [-0.05, 0) is 31.3 Å². The van der Waals surface area contributed by atoms with E-state index in [1.165, 1.54) is 10.9 Å². The maximum Gasteiger partial charge on any atom is 0.241 e. The predicted molar refractivity (Wildman–Crippen MR) is 83.0 cm³/mol. The number of hydrogen-bond acceptors (Lipinski definition) is 5. The molecule has 1 aliphatic carbocycles. The summed E-state index contributed by atoms with van der Waals surface area (Å²) in [6.45, 7) is 0.158. The number of nitrogens with zero attached hydrogens (tertiary/aromatic N) is 2. The van der Waals surface area contributed by atoms with Crippen LogP contribution in [-0.4, -0.2) is 45.7 Å². The van der Waals surface area contributed by atoms with E-state index in [0.29, 0.717) is 18.2 Å². The van der Waals surface area contributed by atoms with Crippen molar-refractivity contribution >= 4 is 29.3 Å². The summed E-state index contributed by atoms with van der Waals surface area (Å²) in [4.78, 5) is 23.5. The minimum Gasteiger partial charge on any atom is -0.352 e. The van der Waals surface area contributed by atoms with Crippen molar-refractivity contribution < 1.29 is 9.59 Å². The number of carbonyl (C=O) groups excluding carboxylic acids is 2. The fraction of sp³-hybridized carbons (Fsp3) is 0.615. The number of hydrogen-bond donors (Lipinski definition) is 3. The lowest BCUT2D eigenvalue weighted by molar-refractivity contribution is -0.122. The van der Waals surface area contributed by atoms with Crippen molar-refractivity contribution in [3.63, 3.8) is 0 Å². The van der Waals surface area contributed by atoms with E-state index in [9.17, 15) is 9.59 Å². The maximum atomic E-state index is 11.8. The van der Waals surface area contributed by atoms with Gasteiger partial charge in [0.05, 0.1) is 17.9 Å². The van der Waals surface area contributed by atoms with Crippen LogP contribution in [-0.2, 0) is 16.1 Å². The zero-order valence-corrected chi connectivity index (χ0v) is 12.9. The van der Waals surface area contributed by atoms with E-state index in [2.05, 4.69) is 15.7 Å². The Labute approximate surface area is 128 Å². The molecule has 8 heteroatoms. The average Bonchev–Trinajstić information content (AvgIpc) is 3.15. The van der Waals surface area contributed by atoms with Gasteiger partial charge in [0, 0.05) is 12.2 Å². The standard InChI is InChI=1S/C13H21N5O2S/c1-21-5-4-11(14)13(20)17-10-6-15-18(7-10)8-12(19)16-9-2-3-9/h6-7,9,11H,2-5,8,14H2,1H3,(H,16,19)(H,17,20)/t11-/m0/s1. The SMILES string of the molecule is CSCC[C@H](N)C(=O)Nc1cnn(CC(=O)NC2CC2)c1. The summed E-state index contributed by atoms with van der Waals surface area (Å²) >= 11 is 1.65. The lowest BCUT2D eigenvalue weighted by atomic mass is 10.2. The number of carbonyl (C=O) groups is 2. The molecule has 0 saturated heterocycles. The van der Waals surface area contributed by atoms with Crippen molar-refractivity contribution in [2.45, 2.75) is 37.9 Å².